The third kappa shape index (κ3) is 6.43. The van der Waals surface area contributed by atoms with Gasteiger partial charge in [0, 0.05) is 29.6 Å². The lowest BCUT2D eigenvalue weighted by Crippen LogP contribution is -2.33. The van der Waals surface area contributed by atoms with Gasteiger partial charge in [0.2, 0.25) is 10.0 Å². The average molecular weight is 502 g/mol. The summed E-state index contributed by atoms with van der Waals surface area (Å²) in [7, 11) is -1.98. The largest absolute Gasteiger partial charge is 0.497 e. The Morgan fingerprint density at radius 1 is 1.00 bits per heavy atom. The number of hydrogen-bond acceptors (Lipinski definition) is 6. The third-order valence-corrected chi connectivity index (χ3v) is 8.06. The van der Waals surface area contributed by atoms with Crippen LogP contribution in [0.3, 0.4) is 0 Å². The van der Waals surface area contributed by atoms with Crippen molar-refractivity contribution in [2.24, 2.45) is 0 Å². The predicted octanol–water partition coefficient (Wildman–Crippen LogP) is 5.66. The number of benzene rings is 2. The number of carbonyl (C=O) groups is 1. The van der Waals surface area contributed by atoms with Crippen LogP contribution in [0.25, 0.3) is 11.3 Å². The van der Waals surface area contributed by atoms with Crippen molar-refractivity contribution in [3.63, 3.8) is 0 Å². The fourth-order valence-corrected chi connectivity index (χ4v) is 5.58. The molecule has 3 rings (SSSR count). The van der Waals surface area contributed by atoms with E-state index in [1.54, 1.807) is 11.4 Å². The number of unbranched alkanes of at least 4 members (excludes halogenated alkanes) is 2. The summed E-state index contributed by atoms with van der Waals surface area (Å²) in [6.45, 7) is 5.09. The van der Waals surface area contributed by atoms with E-state index in [-0.39, 0.29) is 10.8 Å². The van der Waals surface area contributed by atoms with Crippen molar-refractivity contribution >= 4 is 32.4 Å². The first-order valence-corrected chi connectivity index (χ1v) is 13.7. The number of ether oxygens (including phenoxy) is 1. The zero-order chi connectivity index (χ0) is 24.6. The molecule has 182 valence electrons. The molecule has 0 radical (unpaired) electrons. The van der Waals surface area contributed by atoms with Crippen molar-refractivity contribution in [3.8, 4) is 17.0 Å². The van der Waals surface area contributed by atoms with E-state index < -0.39 is 10.0 Å². The summed E-state index contributed by atoms with van der Waals surface area (Å²) in [6, 6.07) is 13.6. The molecule has 0 saturated carbocycles. The fraction of sp³-hybridized carbons (Fsp3) is 0.360. The molecule has 1 aromatic heterocycles. The molecule has 0 saturated heterocycles. The topological polar surface area (TPSA) is 88.6 Å². The predicted molar refractivity (Wildman–Crippen MR) is 137 cm³/mol. The molecule has 0 aliphatic heterocycles. The lowest BCUT2D eigenvalue weighted by atomic mass is 10.2. The first-order chi connectivity index (χ1) is 16.4. The molecule has 0 aliphatic carbocycles. The second-order valence-corrected chi connectivity index (χ2v) is 10.7. The van der Waals surface area contributed by atoms with Gasteiger partial charge >= 0.3 is 0 Å². The number of anilines is 1. The quantitative estimate of drug-likeness (QED) is 0.346. The van der Waals surface area contributed by atoms with Gasteiger partial charge in [-0.05, 0) is 61.4 Å². The van der Waals surface area contributed by atoms with Gasteiger partial charge in [-0.15, -0.1) is 11.3 Å². The van der Waals surface area contributed by atoms with Gasteiger partial charge < -0.3 is 4.74 Å². The number of hydrogen-bond donors (Lipinski definition) is 1. The number of sulfonamides is 1. The highest BCUT2D eigenvalue weighted by molar-refractivity contribution is 7.89. The maximum atomic E-state index is 13.1. The molecule has 2 aromatic carbocycles. The second-order valence-electron chi connectivity index (χ2n) is 7.86. The van der Waals surface area contributed by atoms with Crippen LogP contribution in [0, 0.1) is 0 Å². The van der Waals surface area contributed by atoms with Crippen LogP contribution >= 0.6 is 11.3 Å². The Morgan fingerprint density at radius 3 is 2.18 bits per heavy atom. The average Bonchev–Trinajstić information content (AvgIpc) is 3.32. The van der Waals surface area contributed by atoms with Gasteiger partial charge in [0.25, 0.3) is 5.91 Å². The molecule has 9 heteroatoms. The van der Waals surface area contributed by atoms with Gasteiger partial charge in [0.15, 0.2) is 5.13 Å². The molecule has 3 aromatic rings. The summed E-state index contributed by atoms with van der Waals surface area (Å²) in [5.41, 5.74) is 2.04. The minimum absolute atomic E-state index is 0.201. The maximum absolute atomic E-state index is 13.1. The van der Waals surface area contributed by atoms with Crippen LogP contribution < -0.4 is 10.1 Å². The van der Waals surface area contributed by atoms with Gasteiger partial charge in [-0.25, -0.2) is 13.4 Å². The minimum atomic E-state index is -3.60. The van der Waals surface area contributed by atoms with Crippen molar-refractivity contribution < 1.29 is 17.9 Å². The normalized spacial score (nSPS) is 11.5. The van der Waals surface area contributed by atoms with Crippen molar-refractivity contribution in [2.75, 3.05) is 25.5 Å². The Morgan fingerprint density at radius 2 is 1.62 bits per heavy atom. The van der Waals surface area contributed by atoms with Crippen LogP contribution in [0.2, 0.25) is 0 Å². The lowest BCUT2D eigenvalue weighted by Gasteiger charge is -2.22. The van der Waals surface area contributed by atoms with Crippen molar-refractivity contribution in [1.29, 1.82) is 0 Å². The molecule has 0 bridgehead atoms. The molecule has 1 amide bonds. The molecule has 0 atom stereocenters. The number of nitrogens with one attached hydrogen (secondary N) is 1. The number of thiazole rings is 1. The Balaban J connectivity index is 1.69. The van der Waals surface area contributed by atoms with E-state index in [1.807, 2.05) is 43.5 Å². The van der Waals surface area contributed by atoms with Crippen molar-refractivity contribution in [3.05, 3.63) is 59.5 Å². The van der Waals surface area contributed by atoms with E-state index in [1.165, 1.54) is 35.6 Å². The SMILES string of the molecule is CCCCN(CCCC)S(=O)(=O)c1ccc(C(=O)Nc2nc(-c3ccc(OC)cc3)cs2)cc1. The lowest BCUT2D eigenvalue weighted by molar-refractivity contribution is 0.102. The monoisotopic (exact) mass is 501 g/mol. The zero-order valence-corrected chi connectivity index (χ0v) is 21.4. The molecule has 34 heavy (non-hydrogen) atoms. The number of carbonyl (C=O) groups excluding carboxylic acids is 1. The Labute approximate surface area is 205 Å². The first kappa shape index (κ1) is 25.9. The number of rotatable bonds is 12. The standard InChI is InChI=1S/C25H31N3O4S2/c1-4-6-16-28(17-7-5-2)34(30,31)22-14-10-20(11-15-22)24(29)27-25-26-23(18-33-25)19-8-12-21(32-3)13-9-19/h8-15,18H,4-7,16-17H2,1-3H3,(H,26,27,29). The molecule has 0 spiro atoms. The van der Waals surface area contributed by atoms with E-state index in [9.17, 15) is 13.2 Å². The fourth-order valence-electron chi connectivity index (χ4n) is 3.34. The van der Waals surface area contributed by atoms with E-state index in [4.69, 9.17) is 4.74 Å². The maximum Gasteiger partial charge on any atom is 0.257 e. The summed E-state index contributed by atoms with van der Waals surface area (Å²) in [4.78, 5) is 17.4. The van der Waals surface area contributed by atoms with Crippen LogP contribution in [-0.2, 0) is 10.0 Å². The number of amides is 1. The summed E-state index contributed by atoms with van der Waals surface area (Å²) < 4.78 is 32.9. The smallest absolute Gasteiger partial charge is 0.257 e. The van der Waals surface area contributed by atoms with Crippen molar-refractivity contribution in [2.45, 2.75) is 44.4 Å². The first-order valence-electron chi connectivity index (χ1n) is 11.4. The van der Waals surface area contributed by atoms with E-state index >= 15 is 0 Å². The zero-order valence-electron chi connectivity index (χ0n) is 19.8. The van der Waals surface area contributed by atoms with Crippen LogP contribution in [0.4, 0.5) is 5.13 Å². The van der Waals surface area contributed by atoms with Gasteiger partial charge in [0.1, 0.15) is 5.75 Å². The van der Waals surface area contributed by atoms with E-state index in [0.717, 1.165) is 42.7 Å². The van der Waals surface area contributed by atoms with Crippen molar-refractivity contribution in [1.82, 2.24) is 9.29 Å². The highest BCUT2D eigenvalue weighted by Crippen LogP contribution is 2.27. The van der Waals surface area contributed by atoms with Gasteiger partial charge in [0.05, 0.1) is 17.7 Å². The number of nitrogens with zero attached hydrogens (tertiary/aromatic N) is 2. The second kappa shape index (κ2) is 12.1. The molecule has 0 fully saturated rings. The molecule has 0 aliphatic rings. The van der Waals surface area contributed by atoms with Gasteiger partial charge in [-0.1, -0.05) is 26.7 Å². The van der Waals surface area contributed by atoms with Crippen LogP contribution in [0.1, 0.15) is 49.9 Å². The number of methoxy groups -OCH3 is 1. The molecule has 1 N–H and O–H groups in total. The van der Waals surface area contributed by atoms with Crippen LogP contribution in [-0.4, -0.2) is 43.8 Å². The molecular formula is C25H31N3O4S2. The van der Waals surface area contributed by atoms with E-state index in [2.05, 4.69) is 10.3 Å². The highest BCUT2D eigenvalue weighted by atomic mass is 32.2. The van der Waals surface area contributed by atoms with Gasteiger partial charge in [-0.2, -0.15) is 4.31 Å². The summed E-state index contributed by atoms with van der Waals surface area (Å²) >= 11 is 1.33. The summed E-state index contributed by atoms with van der Waals surface area (Å²) in [5, 5.41) is 5.13. The third-order valence-electron chi connectivity index (χ3n) is 5.39. The minimum Gasteiger partial charge on any atom is -0.497 e. The van der Waals surface area contributed by atoms with Crippen LogP contribution in [0.5, 0.6) is 5.75 Å². The Kier molecular flexibility index (Phi) is 9.20. The van der Waals surface area contributed by atoms with Crippen LogP contribution in [0.15, 0.2) is 58.8 Å². The molecule has 7 nitrogen and oxygen atoms in total. The van der Waals surface area contributed by atoms with E-state index in [0.29, 0.717) is 23.8 Å². The summed E-state index contributed by atoms with van der Waals surface area (Å²) in [5.74, 6) is 0.421. The molecular weight excluding hydrogens is 470 g/mol. The highest BCUT2D eigenvalue weighted by Gasteiger charge is 2.24. The summed E-state index contributed by atoms with van der Waals surface area (Å²) in [6.07, 6.45) is 3.48. The Bertz CT molecular complexity index is 1170. The van der Waals surface area contributed by atoms with Gasteiger partial charge in [-0.3, -0.25) is 10.1 Å². The Hall–Kier alpha value is -2.75. The number of aromatic nitrogens is 1. The molecule has 0 unspecified atom stereocenters. The molecule has 1 heterocycles.